The molecule has 0 atom stereocenters. The molecule has 0 unspecified atom stereocenters. The Balaban J connectivity index is 1.65. The molecule has 29 heavy (non-hydrogen) atoms. The first kappa shape index (κ1) is 19.2. The van der Waals surface area contributed by atoms with Crippen LogP contribution in [0.15, 0.2) is 59.6 Å². The highest BCUT2D eigenvalue weighted by Gasteiger charge is 2.42. The fraction of sp³-hybridized carbons (Fsp3) is 0.238. The smallest absolute Gasteiger partial charge is 0.411 e. The molecule has 0 bridgehead atoms. The van der Waals surface area contributed by atoms with Crippen LogP contribution in [0.25, 0.3) is 10.9 Å². The van der Waals surface area contributed by atoms with E-state index in [0.29, 0.717) is 16.6 Å². The van der Waals surface area contributed by atoms with Gasteiger partial charge in [-0.3, -0.25) is 10.3 Å². The van der Waals surface area contributed by atoms with Crippen LogP contribution in [-0.4, -0.2) is 30.8 Å². The molecule has 150 valence electrons. The van der Waals surface area contributed by atoms with E-state index in [2.05, 4.69) is 10.3 Å². The summed E-state index contributed by atoms with van der Waals surface area (Å²) in [5.41, 5.74) is 1.79. The Labute approximate surface area is 168 Å². The van der Waals surface area contributed by atoms with Crippen LogP contribution in [0.5, 0.6) is 5.75 Å². The van der Waals surface area contributed by atoms with Gasteiger partial charge >= 0.3 is 6.09 Å². The number of hydrogen-bond donors (Lipinski definition) is 1. The zero-order valence-electron chi connectivity index (χ0n) is 16.0. The lowest BCUT2D eigenvalue weighted by molar-refractivity contribution is 0.155. The minimum atomic E-state index is -3.60. The number of aromatic nitrogens is 1. The number of fused-ring (bicyclic) bond motifs is 2. The Morgan fingerprint density at radius 2 is 1.97 bits per heavy atom. The number of pyridine rings is 1. The van der Waals surface area contributed by atoms with Crippen molar-refractivity contribution >= 4 is 32.5 Å². The van der Waals surface area contributed by atoms with Crippen molar-refractivity contribution < 1.29 is 22.7 Å². The summed E-state index contributed by atoms with van der Waals surface area (Å²) in [6.07, 6.45) is 0.890. The van der Waals surface area contributed by atoms with Crippen LogP contribution in [-0.2, 0) is 21.2 Å². The lowest BCUT2D eigenvalue weighted by Gasteiger charge is -2.31. The molecule has 1 aliphatic rings. The van der Waals surface area contributed by atoms with E-state index in [9.17, 15) is 13.2 Å². The minimum absolute atomic E-state index is 0.0671. The highest BCUT2D eigenvalue weighted by molar-refractivity contribution is 7.93. The number of sulfone groups is 1. The van der Waals surface area contributed by atoms with Crippen LogP contribution in [0.4, 0.5) is 10.5 Å². The summed E-state index contributed by atoms with van der Waals surface area (Å²) in [6.45, 7) is 3.44. The van der Waals surface area contributed by atoms with Crippen molar-refractivity contribution in [3.63, 3.8) is 0 Å². The van der Waals surface area contributed by atoms with E-state index in [1.165, 1.54) is 12.3 Å². The maximum atomic E-state index is 12.9. The molecule has 4 rings (SSSR count). The van der Waals surface area contributed by atoms with E-state index in [1.54, 1.807) is 26.0 Å². The van der Waals surface area contributed by atoms with Gasteiger partial charge in [0, 0.05) is 17.6 Å². The van der Waals surface area contributed by atoms with Crippen molar-refractivity contribution in [1.29, 1.82) is 0 Å². The van der Waals surface area contributed by atoms with E-state index >= 15 is 0 Å². The highest BCUT2D eigenvalue weighted by atomic mass is 32.2. The van der Waals surface area contributed by atoms with Gasteiger partial charge in [0.05, 0.1) is 11.2 Å². The number of nitrogens with one attached hydrogen (secondary N) is 1. The molecule has 7 nitrogen and oxygen atoms in total. The van der Waals surface area contributed by atoms with Crippen LogP contribution in [0.1, 0.15) is 19.4 Å². The fourth-order valence-electron chi connectivity index (χ4n) is 3.08. The molecular formula is C21H20N2O5S. The number of rotatable bonds is 3. The van der Waals surface area contributed by atoms with Crippen LogP contribution in [0.3, 0.4) is 0 Å². The molecule has 1 aliphatic heterocycles. The van der Waals surface area contributed by atoms with Crippen molar-refractivity contribution in [3.8, 4) is 5.75 Å². The van der Waals surface area contributed by atoms with Gasteiger partial charge in [0.15, 0.2) is 9.84 Å². The summed E-state index contributed by atoms with van der Waals surface area (Å²) in [4.78, 5) is 16.6. The molecule has 0 radical (unpaired) electrons. The average Bonchev–Trinajstić information content (AvgIpc) is 2.70. The van der Waals surface area contributed by atoms with Crippen molar-refractivity contribution in [2.75, 3.05) is 11.9 Å². The molecule has 1 N–H and O–H groups in total. The molecule has 0 fully saturated rings. The number of hydrogen-bond acceptors (Lipinski definition) is 6. The lowest BCUT2D eigenvalue weighted by atomic mass is 10.1. The Hall–Kier alpha value is -3.13. The SMILES string of the molecule is CC1(C)COc2cc3nccc(NC(=O)OCc4ccccc4)c3cc2S1(=O)=O. The summed E-state index contributed by atoms with van der Waals surface area (Å²) >= 11 is 0. The molecule has 0 aliphatic carbocycles. The second kappa shape index (κ2) is 7.04. The van der Waals surface area contributed by atoms with Crippen LogP contribution in [0.2, 0.25) is 0 Å². The molecule has 8 heteroatoms. The first-order valence-electron chi connectivity index (χ1n) is 9.06. The number of carbonyl (C=O) groups excluding carboxylic acids is 1. The van der Waals surface area contributed by atoms with Gasteiger partial charge in [-0.05, 0) is 31.5 Å². The predicted octanol–water partition coefficient (Wildman–Crippen LogP) is 3.93. The summed E-state index contributed by atoms with van der Waals surface area (Å²) in [5.74, 6) is 0.271. The highest BCUT2D eigenvalue weighted by Crippen LogP contribution is 2.40. The van der Waals surface area contributed by atoms with Crippen LogP contribution in [0, 0.1) is 0 Å². The zero-order chi connectivity index (χ0) is 20.6. The maximum Gasteiger partial charge on any atom is 0.411 e. The Morgan fingerprint density at radius 1 is 1.21 bits per heavy atom. The van der Waals surface area contributed by atoms with Crippen molar-refractivity contribution in [2.45, 2.75) is 30.1 Å². The third-order valence-electron chi connectivity index (χ3n) is 4.85. The molecule has 2 heterocycles. The maximum absolute atomic E-state index is 12.9. The number of ether oxygens (including phenoxy) is 2. The Bertz CT molecular complexity index is 1190. The minimum Gasteiger partial charge on any atom is -0.490 e. The Morgan fingerprint density at radius 3 is 2.72 bits per heavy atom. The average molecular weight is 412 g/mol. The van der Waals surface area contributed by atoms with Gasteiger partial charge in [0.25, 0.3) is 0 Å². The predicted molar refractivity (Wildman–Crippen MR) is 109 cm³/mol. The summed E-state index contributed by atoms with van der Waals surface area (Å²) in [5, 5.41) is 3.17. The number of nitrogens with zero attached hydrogens (tertiary/aromatic N) is 1. The Kier molecular flexibility index (Phi) is 4.66. The van der Waals surface area contributed by atoms with Gasteiger partial charge < -0.3 is 9.47 Å². The van der Waals surface area contributed by atoms with E-state index in [1.807, 2.05) is 30.3 Å². The standard InChI is InChI=1S/C21H20N2O5S/c1-21(2)13-28-18-11-17-15(10-19(18)29(21,25)26)16(8-9-22-17)23-20(24)27-12-14-6-4-3-5-7-14/h3-11H,12-13H2,1-2H3,(H,22,23,24). The molecule has 1 aromatic heterocycles. The summed E-state index contributed by atoms with van der Waals surface area (Å²) < 4.78 is 35.8. The first-order chi connectivity index (χ1) is 13.8. The van der Waals surface area contributed by atoms with Crippen LogP contribution >= 0.6 is 0 Å². The fourth-order valence-corrected chi connectivity index (χ4v) is 4.55. The van der Waals surface area contributed by atoms with E-state index in [4.69, 9.17) is 9.47 Å². The quantitative estimate of drug-likeness (QED) is 0.700. The molecule has 0 saturated carbocycles. The van der Waals surface area contributed by atoms with Gasteiger partial charge in [-0.25, -0.2) is 13.2 Å². The largest absolute Gasteiger partial charge is 0.490 e. The van der Waals surface area contributed by atoms with Gasteiger partial charge in [-0.15, -0.1) is 0 Å². The third-order valence-corrected chi connectivity index (χ3v) is 7.32. The normalized spacial score (nSPS) is 16.5. The van der Waals surface area contributed by atoms with Gasteiger partial charge in [0.1, 0.15) is 28.6 Å². The zero-order valence-corrected chi connectivity index (χ0v) is 16.8. The third kappa shape index (κ3) is 3.51. The molecule has 0 spiro atoms. The summed E-state index contributed by atoms with van der Waals surface area (Å²) in [6, 6.07) is 14.0. The van der Waals surface area contributed by atoms with E-state index < -0.39 is 20.7 Å². The molecular weight excluding hydrogens is 392 g/mol. The summed E-state index contributed by atoms with van der Waals surface area (Å²) in [7, 11) is -3.60. The number of carbonyl (C=O) groups is 1. The van der Waals surface area contributed by atoms with E-state index in [0.717, 1.165) is 5.56 Å². The van der Waals surface area contributed by atoms with Crippen LogP contribution < -0.4 is 10.1 Å². The van der Waals surface area contributed by atoms with Crippen molar-refractivity contribution in [1.82, 2.24) is 4.98 Å². The topological polar surface area (TPSA) is 94.6 Å². The number of benzene rings is 2. The second-order valence-corrected chi connectivity index (χ2v) is 9.97. The molecule has 1 amide bonds. The van der Waals surface area contributed by atoms with Gasteiger partial charge in [0.2, 0.25) is 0 Å². The molecule has 0 saturated heterocycles. The van der Waals surface area contributed by atoms with Crippen molar-refractivity contribution in [3.05, 3.63) is 60.3 Å². The monoisotopic (exact) mass is 412 g/mol. The van der Waals surface area contributed by atoms with Gasteiger partial charge in [-0.1, -0.05) is 30.3 Å². The molecule has 3 aromatic rings. The first-order valence-corrected chi connectivity index (χ1v) is 10.5. The number of anilines is 1. The second-order valence-electron chi connectivity index (χ2n) is 7.41. The van der Waals surface area contributed by atoms with Gasteiger partial charge in [-0.2, -0.15) is 0 Å². The van der Waals surface area contributed by atoms with Crippen molar-refractivity contribution in [2.24, 2.45) is 0 Å². The molecule has 2 aromatic carbocycles. The number of amides is 1. The van der Waals surface area contributed by atoms with E-state index in [-0.39, 0.29) is 23.9 Å². The lowest BCUT2D eigenvalue weighted by Crippen LogP contribution is -2.41.